The first-order valence-electron chi connectivity index (χ1n) is 12.0. The molecule has 1 atom stereocenters. The molecule has 3 aliphatic rings. The second-order valence-corrected chi connectivity index (χ2v) is 9.39. The van der Waals surface area contributed by atoms with Crippen LogP contribution in [0.5, 0.6) is 0 Å². The van der Waals surface area contributed by atoms with Gasteiger partial charge in [0.05, 0.1) is 23.4 Å². The molecule has 0 unspecified atom stereocenters. The summed E-state index contributed by atoms with van der Waals surface area (Å²) >= 11 is 0. The number of imide groups is 1. The molecule has 0 radical (unpaired) electrons. The summed E-state index contributed by atoms with van der Waals surface area (Å²) < 4.78 is 0. The van der Waals surface area contributed by atoms with Crippen molar-refractivity contribution >= 4 is 23.4 Å². The lowest BCUT2D eigenvalue weighted by atomic mass is 9.92. The van der Waals surface area contributed by atoms with Gasteiger partial charge in [0.1, 0.15) is 0 Å². The fraction of sp³-hybridized carbons (Fsp3) is 0.462. The lowest BCUT2D eigenvalue weighted by Crippen LogP contribution is -2.48. The van der Waals surface area contributed by atoms with Crippen LogP contribution in [0.15, 0.2) is 42.7 Å². The topological polar surface area (TPSA) is 73.8 Å². The molecule has 0 saturated carbocycles. The molecule has 1 aromatic heterocycles. The molecule has 7 nitrogen and oxygen atoms in total. The second-order valence-electron chi connectivity index (χ2n) is 9.39. The number of nitrogens with zero attached hydrogens (tertiary/aromatic N) is 4. The van der Waals surface area contributed by atoms with E-state index in [1.165, 1.54) is 11.3 Å². The Morgan fingerprint density at radius 1 is 0.970 bits per heavy atom. The third-order valence-electron chi connectivity index (χ3n) is 7.34. The largest absolute Gasteiger partial charge is 0.371 e. The maximum Gasteiger partial charge on any atom is 0.263 e. The Bertz CT molecular complexity index is 1060. The number of carbonyl (C=O) groups excluding carboxylic acids is 3. The van der Waals surface area contributed by atoms with Crippen molar-refractivity contribution in [3.05, 3.63) is 59.4 Å². The molecule has 0 bridgehead atoms. The van der Waals surface area contributed by atoms with Gasteiger partial charge in [-0.15, -0.1) is 0 Å². The fourth-order valence-electron chi connectivity index (χ4n) is 5.42. The lowest BCUT2D eigenvalue weighted by Gasteiger charge is -2.39. The third kappa shape index (κ3) is 4.01. The van der Waals surface area contributed by atoms with Gasteiger partial charge in [-0.3, -0.25) is 24.3 Å². The number of hydrogen-bond acceptors (Lipinski definition) is 5. The molecular weight excluding hydrogens is 416 g/mol. The Morgan fingerprint density at radius 2 is 1.73 bits per heavy atom. The Morgan fingerprint density at radius 3 is 2.45 bits per heavy atom. The predicted octanol–water partition coefficient (Wildman–Crippen LogP) is 3.50. The van der Waals surface area contributed by atoms with E-state index in [0.717, 1.165) is 43.5 Å². The van der Waals surface area contributed by atoms with E-state index in [9.17, 15) is 14.4 Å². The van der Waals surface area contributed by atoms with Crippen molar-refractivity contribution < 1.29 is 14.4 Å². The average Bonchev–Trinajstić information content (AvgIpc) is 3.10. The van der Waals surface area contributed by atoms with Gasteiger partial charge in [0, 0.05) is 44.0 Å². The lowest BCUT2D eigenvalue weighted by molar-refractivity contribution is -0.139. The number of aromatic nitrogens is 1. The van der Waals surface area contributed by atoms with E-state index in [1.807, 2.05) is 24.3 Å². The van der Waals surface area contributed by atoms with Crippen molar-refractivity contribution in [3.8, 4) is 0 Å². The molecule has 0 N–H and O–H groups in total. The quantitative estimate of drug-likeness (QED) is 0.672. The zero-order chi connectivity index (χ0) is 22.9. The summed E-state index contributed by atoms with van der Waals surface area (Å²) in [5.41, 5.74) is 2.63. The number of benzene rings is 1. The van der Waals surface area contributed by atoms with Crippen molar-refractivity contribution in [2.24, 2.45) is 5.92 Å². The number of rotatable bonds is 4. The van der Waals surface area contributed by atoms with Gasteiger partial charge in [0.15, 0.2) is 0 Å². The molecule has 1 aromatic carbocycles. The Balaban J connectivity index is 1.30. The number of anilines is 1. The van der Waals surface area contributed by atoms with Gasteiger partial charge in [-0.05, 0) is 68.9 Å². The summed E-state index contributed by atoms with van der Waals surface area (Å²) in [4.78, 5) is 49.0. The highest BCUT2D eigenvalue weighted by Crippen LogP contribution is 2.35. The Hall–Kier alpha value is -3.22. The standard InChI is InChI=1S/C26H30N4O3/c1-18-5-2-3-14-29(18)24(31)20-10-15-28(16-11-20)22-7-4-6-21-23(22)26(33)30(25(21)32)17-19-8-12-27-13-9-19/h4,6-9,12-13,18,20H,2-3,5,10-11,14-17H2,1H3/t18-/m1/s1. The zero-order valence-corrected chi connectivity index (χ0v) is 19.1. The third-order valence-corrected chi connectivity index (χ3v) is 7.34. The van der Waals surface area contributed by atoms with Gasteiger partial charge in [-0.2, -0.15) is 0 Å². The van der Waals surface area contributed by atoms with E-state index in [1.54, 1.807) is 18.5 Å². The van der Waals surface area contributed by atoms with Crippen LogP contribution in [0, 0.1) is 5.92 Å². The van der Waals surface area contributed by atoms with E-state index >= 15 is 0 Å². The number of pyridine rings is 1. The normalized spacial score (nSPS) is 21.5. The van der Waals surface area contributed by atoms with E-state index < -0.39 is 0 Å². The monoisotopic (exact) mass is 446 g/mol. The molecule has 33 heavy (non-hydrogen) atoms. The molecule has 5 rings (SSSR count). The highest BCUT2D eigenvalue weighted by atomic mass is 16.2. The van der Waals surface area contributed by atoms with Gasteiger partial charge >= 0.3 is 0 Å². The van der Waals surface area contributed by atoms with Gasteiger partial charge in [-0.25, -0.2) is 0 Å². The van der Waals surface area contributed by atoms with Crippen LogP contribution in [0.1, 0.15) is 65.3 Å². The molecule has 2 fully saturated rings. The highest BCUT2D eigenvalue weighted by Gasteiger charge is 2.39. The van der Waals surface area contributed by atoms with Gasteiger partial charge in [0.25, 0.3) is 11.8 Å². The number of hydrogen-bond donors (Lipinski definition) is 0. The molecule has 2 aromatic rings. The summed E-state index contributed by atoms with van der Waals surface area (Å²) in [5, 5.41) is 0. The molecular formula is C26H30N4O3. The van der Waals surface area contributed by atoms with Crippen LogP contribution in [-0.4, -0.2) is 58.2 Å². The van der Waals surface area contributed by atoms with E-state index in [0.29, 0.717) is 30.3 Å². The summed E-state index contributed by atoms with van der Waals surface area (Å²) in [5.74, 6) is -0.172. The highest BCUT2D eigenvalue weighted by molar-refractivity contribution is 6.23. The Labute approximate surface area is 194 Å². The molecule has 0 spiro atoms. The molecule has 2 saturated heterocycles. The minimum absolute atomic E-state index is 0.0408. The van der Waals surface area contributed by atoms with Crippen LogP contribution in [0.3, 0.4) is 0 Å². The predicted molar refractivity (Wildman–Crippen MR) is 125 cm³/mol. The molecule has 7 heteroatoms. The maximum absolute atomic E-state index is 13.3. The van der Waals surface area contributed by atoms with Crippen molar-refractivity contribution in [2.45, 2.75) is 51.6 Å². The summed E-state index contributed by atoms with van der Waals surface area (Å²) in [6.45, 7) is 4.68. The van der Waals surface area contributed by atoms with Crippen LogP contribution in [0.4, 0.5) is 5.69 Å². The van der Waals surface area contributed by atoms with Crippen molar-refractivity contribution in [1.82, 2.24) is 14.8 Å². The molecule has 0 aliphatic carbocycles. The molecule has 3 aliphatic heterocycles. The van der Waals surface area contributed by atoms with Crippen molar-refractivity contribution in [1.29, 1.82) is 0 Å². The van der Waals surface area contributed by atoms with Crippen LogP contribution in [0.2, 0.25) is 0 Å². The minimum Gasteiger partial charge on any atom is -0.371 e. The number of carbonyl (C=O) groups is 3. The summed E-state index contributed by atoms with van der Waals surface area (Å²) in [7, 11) is 0. The first-order chi connectivity index (χ1) is 16.0. The minimum atomic E-state index is -0.252. The SMILES string of the molecule is C[C@@H]1CCCCN1C(=O)C1CCN(c2cccc3c2C(=O)N(Cc2ccncc2)C3=O)CC1. The number of piperidine rings is 2. The van der Waals surface area contributed by atoms with Gasteiger partial charge in [0.2, 0.25) is 5.91 Å². The second kappa shape index (κ2) is 8.96. The summed E-state index contributed by atoms with van der Waals surface area (Å²) in [6, 6.07) is 9.47. The molecule has 3 amide bonds. The number of amides is 3. The smallest absolute Gasteiger partial charge is 0.263 e. The Kier molecular flexibility index (Phi) is 5.87. The first-order valence-corrected chi connectivity index (χ1v) is 12.0. The average molecular weight is 447 g/mol. The van der Waals surface area contributed by atoms with Crippen LogP contribution < -0.4 is 4.90 Å². The van der Waals surface area contributed by atoms with E-state index in [4.69, 9.17) is 0 Å². The maximum atomic E-state index is 13.3. The van der Waals surface area contributed by atoms with Gasteiger partial charge in [-0.1, -0.05) is 6.07 Å². The van der Waals surface area contributed by atoms with Crippen molar-refractivity contribution in [3.63, 3.8) is 0 Å². The molecule has 4 heterocycles. The number of fused-ring (bicyclic) bond motifs is 1. The van der Waals surface area contributed by atoms with E-state index in [-0.39, 0.29) is 30.2 Å². The summed E-state index contributed by atoms with van der Waals surface area (Å²) in [6.07, 6.45) is 8.25. The van der Waals surface area contributed by atoms with Crippen LogP contribution in [0.25, 0.3) is 0 Å². The molecule has 172 valence electrons. The van der Waals surface area contributed by atoms with Crippen LogP contribution in [-0.2, 0) is 11.3 Å². The first kappa shape index (κ1) is 21.6. The number of likely N-dealkylation sites (tertiary alicyclic amines) is 1. The van der Waals surface area contributed by atoms with Crippen LogP contribution >= 0.6 is 0 Å². The van der Waals surface area contributed by atoms with Gasteiger partial charge < -0.3 is 9.80 Å². The van der Waals surface area contributed by atoms with Crippen molar-refractivity contribution in [2.75, 3.05) is 24.5 Å². The zero-order valence-electron chi connectivity index (χ0n) is 19.1. The fourth-order valence-corrected chi connectivity index (χ4v) is 5.42. The van der Waals surface area contributed by atoms with E-state index in [2.05, 4.69) is 21.7 Å².